The number of carbonyl (C=O) groups is 5. The van der Waals surface area contributed by atoms with Crippen molar-refractivity contribution in [1.29, 1.82) is 0 Å². The smallest absolute Gasteiger partial charge is 0.408 e. The zero-order chi connectivity index (χ0) is 46.5. The Morgan fingerprint density at radius 1 is 0.857 bits per heavy atom. The van der Waals surface area contributed by atoms with Crippen LogP contribution in [0.5, 0.6) is 11.5 Å². The lowest BCUT2D eigenvalue weighted by Gasteiger charge is -2.41. The van der Waals surface area contributed by atoms with Crippen LogP contribution in [0.4, 0.5) is 4.79 Å². The van der Waals surface area contributed by atoms with Crippen LogP contribution in [0.15, 0.2) is 36.4 Å². The Hall–Kier alpha value is -4.52. The number of nitrogens with one attached hydrogen (secondary N) is 3. The zero-order valence-electron chi connectivity index (χ0n) is 37.2. The predicted octanol–water partition coefficient (Wildman–Crippen LogP) is 4.70. The van der Waals surface area contributed by atoms with Gasteiger partial charge in [-0.05, 0) is 70.1 Å². The highest BCUT2D eigenvalue weighted by Gasteiger charge is 2.45. The summed E-state index contributed by atoms with van der Waals surface area (Å²) in [5.41, 5.74) is 1.00. The van der Waals surface area contributed by atoms with Crippen LogP contribution < -0.4 is 25.4 Å². The Balaban J connectivity index is 1.32. The summed E-state index contributed by atoms with van der Waals surface area (Å²) in [6.45, 7) is 5.24. The summed E-state index contributed by atoms with van der Waals surface area (Å²) >= 11 is 6.52. The van der Waals surface area contributed by atoms with E-state index < -0.39 is 66.9 Å². The molecule has 1 saturated heterocycles. The molecule has 18 heteroatoms. The molecule has 0 aliphatic carbocycles. The molecule has 2 aromatic rings. The molecule has 0 spiro atoms. The maximum absolute atomic E-state index is 13.3. The lowest BCUT2D eigenvalue weighted by molar-refractivity contribution is -0.261. The molecular weight excluding hydrogens is 842 g/mol. The van der Waals surface area contributed by atoms with E-state index in [-0.39, 0.29) is 40.4 Å². The van der Waals surface area contributed by atoms with E-state index in [1.54, 1.807) is 20.8 Å². The molecular formula is C45H66ClN3O14. The molecule has 17 nitrogen and oxygen atoms in total. The van der Waals surface area contributed by atoms with Gasteiger partial charge in [-0.2, -0.15) is 0 Å². The molecule has 6 atom stereocenters. The third-order valence-electron chi connectivity index (χ3n) is 10.2. The number of benzene rings is 2. The number of esters is 1. The fourth-order valence-corrected chi connectivity index (χ4v) is 7.13. The monoisotopic (exact) mass is 907 g/mol. The molecule has 352 valence electrons. The van der Waals surface area contributed by atoms with Crippen molar-refractivity contribution in [2.45, 2.75) is 147 Å². The molecule has 1 aliphatic rings. The van der Waals surface area contributed by atoms with Crippen molar-refractivity contribution in [1.82, 2.24) is 16.0 Å². The van der Waals surface area contributed by atoms with Crippen LogP contribution in [-0.4, -0.2) is 122 Å². The molecule has 0 aromatic heterocycles. The van der Waals surface area contributed by atoms with Gasteiger partial charge in [-0.15, -0.1) is 0 Å². The van der Waals surface area contributed by atoms with Gasteiger partial charge in [0.1, 0.15) is 59.9 Å². The SMILES string of the molecule is COC(=O)[C@H](CCCCNC(=O)CCCCCCCCC(=O)Cc1cccc(COc2cc(OC)c(C(=O)N[C@H]3[C@@H](OC)O[C@H](CO)[C@@H](O)[C@@H]3O)cc2Cl)c1)NC(=O)OC(C)(C)C. The van der Waals surface area contributed by atoms with Gasteiger partial charge in [0.05, 0.1) is 31.4 Å². The van der Waals surface area contributed by atoms with Gasteiger partial charge in [0.15, 0.2) is 6.29 Å². The number of halogens is 1. The van der Waals surface area contributed by atoms with Crippen molar-refractivity contribution in [3.8, 4) is 11.5 Å². The molecule has 0 radical (unpaired) electrons. The molecule has 3 rings (SSSR count). The summed E-state index contributed by atoms with van der Waals surface area (Å²) < 4.78 is 32.1. The van der Waals surface area contributed by atoms with Gasteiger partial charge in [-0.1, -0.05) is 61.5 Å². The second-order valence-corrected chi connectivity index (χ2v) is 16.8. The van der Waals surface area contributed by atoms with Gasteiger partial charge in [0, 0.05) is 39.0 Å². The number of ketones is 1. The van der Waals surface area contributed by atoms with E-state index in [4.69, 9.17) is 40.0 Å². The van der Waals surface area contributed by atoms with E-state index in [1.165, 1.54) is 33.5 Å². The normalized spacial score (nSPS) is 19.0. The Morgan fingerprint density at radius 3 is 2.19 bits per heavy atom. The minimum absolute atomic E-state index is 0.0232. The predicted molar refractivity (Wildman–Crippen MR) is 232 cm³/mol. The van der Waals surface area contributed by atoms with Crippen LogP contribution in [0.1, 0.15) is 113 Å². The Bertz CT molecular complexity index is 1790. The van der Waals surface area contributed by atoms with Gasteiger partial charge in [-0.25, -0.2) is 9.59 Å². The van der Waals surface area contributed by atoms with Crippen molar-refractivity contribution in [3.05, 3.63) is 58.1 Å². The van der Waals surface area contributed by atoms with Crippen molar-refractivity contribution >= 4 is 41.3 Å². The number of ether oxygens (including phenoxy) is 6. The highest BCUT2D eigenvalue weighted by molar-refractivity contribution is 6.32. The quantitative estimate of drug-likeness (QED) is 0.0555. The Morgan fingerprint density at radius 2 is 1.54 bits per heavy atom. The number of Topliss-reactive ketones (excluding diaryl/α,β-unsaturated/α-hetero) is 1. The first-order chi connectivity index (χ1) is 30.0. The van der Waals surface area contributed by atoms with E-state index in [9.17, 15) is 39.3 Å². The molecule has 2 aromatic carbocycles. The van der Waals surface area contributed by atoms with Crippen LogP contribution in [0.2, 0.25) is 5.02 Å². The van der Waals surface area contributed by atoms with Gasteiger partial charge in [0.25, 0.3) is 5.91 Å². The lowest BCUT2D eigenvalue weighted by Crippen LogP contribution is -2.64. The maximum Gasteiger partial charge on any atom is 0.408 e. The number of carbonyl (C=O) groups excluding carboxylic acids is 5. The average Bonchev–Trinajstić information content (AvgIpc) is 3.24. The second kappa shape index (κ2) is 27.0. The third-order valence-corrected chi connectivity index (χ3v) is 10.5. The molecule has 1 aliphatic heterocycles. The second-order valence-electron chi connectivity index (χ2n) is 16.4. The van der Waals surface area contributed by atoms with Crippen LogP contribution in [-0.2, 0) is 46.4 Å². The number of amides is 3. The number of methoxy groups -OCH3 is 3. The van der Waals surface area contributed by atoms with E-state index in [1.807, 2.05) is 24.3 Å². The molecule has 0 saturated carbocycles. The van der Waals surface area contributed by atoms with Crippen molar-refractivity contribution < 1.29 is 67.7 Å². The minimum atomic E-state index is -1.50. The minimum Gasteiger partial charge on any atom is -0.496 e. The molecule has 3 amide bonds. The van der Waals surface area contributed by atoms with Crippen molar-refractivity contribution in [3.63, 3.8) is 0 Å². The summed E-state index contributed by atoms with van der Waals surface area (Å²) in [4.78, 5) is 62.5. The summed E-state index contributed by atoms with van der Waals surface area (Å²) in [7, 11) is 3.93. The lowest BCUT2D eigenvalue weighted by atomic mass is 9.96. The fraction of sp³-hybridized carbons (Fsp3) is 0.622. The van der Waals surface area contributed by atoms with Crippen LogP contribution >= 0.6 is 11.6 Å². The van der Waals surface area contributed by atoms with E-state index in [0.717, 1.165) is 49.7 Å². The Kier molecular flexibility index (Phi) is 22.6. The molecule has 6 N–H and O–H groups in total. The zero-order valence-corrected chi connectivity index (χ0v) is 38.0. The summed E-state index contributed by atoms with van der Waals surface area (Å²) in [6, 6.07) is 8.33. The number of aliphatic hydroxyl groups excluding tert-OH is 3. The number of rotatable bonds is 26. The van der Waals surface area contributed by atoms with E-state index in [2.05, 4.69) is 16.0 Å². The largest absolute Gasteiger partial charge is 0.496 e. The Labute approximate surface area is 374 Å². The van der Waals surface area contributed by atoms with Crippen molar-refractivity contribution in [2.75, 3.05) is 34.5 Å². The summed E-state index contributed by atoms with van der Waals surface area (Å²) in [5.74, 6) is -0.742. The summed E-state index contributed by atoms with van der Waals surface area (Å²) in [6.07, 6.45) is 2.23. The van der Waals surface area contributed by atoms with Gasteiger partial charge < -0.3 is 59.7 Å². The first-order valence-corrected chi connectivity index (χ1v) is 21.8. The van der Waals surface area contributed by atoms with E-state index in [0.29, 0.717) is 45.1 Å². The fourth-order valence-electron chi connectivity index (χ4n) is 6.91. The average molecular weight is 908 g/mol. The third kappa shape index (κ3) is 18.2. The van der Waals surface area contributed by atoms with Crippen LogP contribution in [0.3, 0.4) is 0 Å². The molecule has 63 heavy (non-hydrogen) atoms. The molecule has 1 fully saturated rings. The number of hydrogen-bond donors (Lipinski definition) is 6. The van der Waals surface area contributed by atoms with Gasteiger partial charge in [-0.3, -0.25) is 14.4 Å². The summed E-state index contributed by atoms with van der Waals surface area (Å²) in [5, 5.41) is 38.5. The van der Waals surface area contributed by atoms with E-state index >= 15 is 0 Å². The highest BCUT2D eigenvalue weighted by atomic mass is 35.5. The van der Waals surface area contributed by atoms with Crippen LogP contribution in [0.25, 0.3) is 0 Å². The number of unbranched alkanes of at least 4 members (excludes halogenated alkanes) is 6. The van der Waals surface area contributed by atoms with Gasteiger partial charge >= 0.3 is 12.1 Å². The topological polar surface area (TPSA) is 238 Å². The van der Waals surface area contributed by atoms with Crippen LogP contribution in [0, 0.1) is 0 Å². The standard InChI is InChI=1S/C45H66ClN3O14/c1-45(2,3)63-44(57)48-33(42(56)59-5)19-13-14-21-47-37(52)20-12-10-8-7-9-11-18-30(51)23-28-16-15-17-29(22-28)27-61-35-25-34(58-4)31(24-32(35)46)41(55)49-38-40(54)39(53)36(26-50)62-43(38)60-6/h15-17,22,24-25,33,36,38-40,43,50,53-54H,7-14,18-21,23,26-27H2,1-6H3,(H,47,52)(H,48,57)(H,49,55)/t33-,36+,38+,39+,40+,43-/m0/s1. The molecule has 1 heterocycles. The highest BCUT2D eigenvalue weighted by Crippen LogP contribution is 2.34. The number of alkyl carbamates (subject to hydrolysis) is 1. The molecule has 0 bridgehead atoms. The first-order valence-electron chi connectivity index (χ1n) is 21.4. The first kappa shape index (κ1) is 52.8. The van der Waals surface area contributed by atoms with Crippen molar-refractivity contribution in [2.24, 2.45) is 0 Å². The maximum atomic E-state index is 13.3. The van der Waals surface area contributed by atoms with Gasteiger partial charge in [0.2, 0.25) is 5.91 Å². The molecule has 0 unspecified atom stereocenters. The number of aliphatic hydroxyl groups is 3. The number of hydrogen-bond acceptors (Lipinski definition) is 14.